The topological polar surface area (TPSA) is 56.6 Å². The minimum Gasteiger partial charge on any atom is -0.493 e. The molecular weight excluding hydrogens is 374 g/mol. The number of benzene rings is 1. The number of likely N-dealkylation sites (N-methyl/N-ethyl adjacent to an activating group) is 1. The number of hydrogen-bond donors (Lipinski definition) is 0. The molecule has 1 saturated carbocycles. The fraction of sp³-hybridized carbons (Fsp3) is 0.429. The van der Waals surface area contributed by atoms with E-state index in [0.717, 1.165) is 41.4 Å². The van der Waals surface area contributed by atoms with Crippen molar-refractivity contribution in [2.24, 2.45) is 0 Å². The van der Waals surface area contributed by atoms with Crippen molar-refractivity contribution in [3.8, 4) is 17.2 Å². The molecule has 0 amide bonds. The Morgan fingerprint density at radius 2 is 1.96 bits per heavy atom. The van der Waals surface area contributed by atoms with Crippen molar-refractivity contribution in [3.63, 3.8) is 0 Å². The number of aryl methyl sites for hydroxylation is 1. The van der Waals surface area contributed by atoms with Crippen LogP contribution in [-0.2, 0) is 0 Å². The maximum atomic E-state index is 13.2. The Labute approximate surface area is 168 Å². The van der Waals surface area contributed by atoms with Crippen LogP contribution >= 0.6 is 11.3 Å². The number of ether oxygens (including phenoxy) is 2. The third kappa shape index (κ3) is 3.52. The zero-order valence-electron chi connectivity index (χ0n) is 16.7. The minimum absolute atomic E-state index is 0.0426. The number of methoxy groups -OCH3 is 1. The summed E-state index contributed by atoms with van der Waals surface area (Å²) in [5, 5.41) is 0. The molecule has 3 aromatic rings. The van der Waals surface area contributed by atoms with Gasteiger partial charge in [0, 0.05) is 6.54 Å². The second-order valence-electron chi connectivity index (χ2n) is 7.40. The van der Waals surface area contributed by atoms with Gasteiger partial charge in [0.05, 0.1) is 17.7 Å². The molecule has 6 nitrogen and oxygen atoms in total. The van der Waals surface area contributed by atoms with Crippen molar-refractivity contribution in [1.82, 2.24) is 14.5 Å². The molecule has 0 aliphatic heterocycles. The lowest BCUT2D eigenvalue weighted by Gasteiger charge is -2.13. The van der Waals surface area contributed by atoms with Crippen LogP contribution in [0.5, 0.6) is 11.5 Å². The summed E-state index contributed by atoms with van der Waals surface area (Å²) < 4.78 is 13.7. The van der Waals surface area contributed by atoms with Crippen LogP contribution in [0.2, 0.25) is 0 Å². The first-order valence-electron chi connectivity index (χ1n) is 9.47. The van der Waals surface area contributed by atoms with E-state index in [1.807, 2.05) is 45.3 Å². The molecular formula is C21H25N3O3S. The highest BCUT2D eigenvalue weighted by Crippen LogP contribution is 2.50. The number of fused-ring (bicyclic) bond motifs is 1. The second kappa shape index (κ2) is 7.56. The molecule has 0 N–H and O–H groups in total. The summed E-state index contributed by atoms with van der Waals surface area (Å²) >= 11 is 1.53. The molecule has 0 radical (unpaired) electrons. The molecule has 1 aliphatic rings. The summed E-state index contributed by atoms with van der Waals surface area (Å²) in [7, 11) is 5.68. The van der Waals surface area contributed by atoms with Gasteiger partial charge in [-0.2, -0.15) is 0 Å². The molecule has 148 valence electrons. The van der Waals surface area contributed by atoms with Gasteiger partial charge < -0.3 is 14.4 Å². The van der Waals surface area contributed by atoms with Crippen LogP contribution in [0.25, 0.3) is 15.9 Å². The van der Waals surface area contributed by atoms with Gasteiger partial charge in [-0.05, 0) is 64.0 Å². The molecule has 0 atom stereocenters. The van der Waals surface area contributed by atoms with E-state index in [2.05, 4.69) is 4.90 Å². The Bertz CT molecular complexity index is 1050. The van der Waals surface area contributed by atoms with Gasteiger partial charge in [-0.15, -0.1) is 11.3 Å². The maximum absolute atomic E-state index is 13.2. The largest absolute Gasteiger partial charge is 0.493 e. The number of aromatic nitrogens is 2. The van der Waals surface area contributed by atoms with Crippen LogP contribution in [-0.4, -0.2) is 48.8 Å². The van der Waals surface area contributed by atoms with E-state index in [-0.39, 0.29) is 5.56 Å². The molecule has 2 heterocycles. The number of thiophene rings is 1. The van der Waals surface area contributed by atoms with Crippen LogP contribution in [0.3, 0.4) is 0 Å². The van der Waals surface area contributed by atoms with E-state index < -0.39 is 0 Å². The quantitative estimate of drug-likeness (QED) is 0.608. The molecule has 28 heavy (non-hydrogen) atoms. The molecule has 0 spiro atoms. The smallest absolute Gasteiger partial charge is 0.276 e. The van der Waals surface area contributed by atoms with Gasteiger partial charge in [-0.25, -0.2) is 4.98 Å². The van der Waals surface area contributed by atoms with Crippen LogP contribution in [0.15, 0.2) is 29.1 Å². The first-order valence-corrected chi connectivity index (χ1v) is 10.3. The second-order valence-corrected chi connectivity index (χ2v) is 8.45. The Balaban J connectivity index is 1.70. The van der Waals surface area contributed by atoms with Crippen molar-refractivity contribution in [1.29, 1.82) is 0 Å². The molecule has 1 aliphatic carbocycles. The summed E-state index contributed by atoms with van der Waals surface area (Å²) in [6, 6.07) is 7.59. The molecule has 4 rings (SSSR count). The highest BCUT2D eigenvalue weighted by atomic mass is 32.1. The van der Waals surface area contributed by atoms with Crippen molar-refractivity contribution in [3.05, 3.63) is 45.3 Å². The molecule has 0 unspecified atom stereocenters. The molecule has 1 fully saturated rings. The number of rotatable bonds is 7. The predicted octanol–water partition coefficient (Wildman–Crippen LogP) is 3.58. The Hall–Kier alpha value is -2.38. The zero-order valence-corrected chi connectivity index (χ0v) is 17.5. The molecule has 1 aromatic carbocycles. The van der Waals surface area contributed by atoms with Crippen LogP contribution in [0.1, 0.15) is 29.5 Å². The Morgan fingerprint density at radius 3 is 2.57 bits per heavy atom. The highest BCUT2D eigenvalue weighted by molar-refractivity contribution is 7.19. The third-order valence-corrected chi connectivity index (χ3v) is 6.23. The van der Waals surface area contributed by atoms with Gasteiger partial charge in [0.25, 0.3) is 5.56 Å². The van der Waals surface area contributed by atoms with E-state index >= 15 is 0 Å². The standard InChI is InChI=1S/C21H25N3O3S/c1-13-22-17-18(26-4)19(14-5-6-14)28-20(17)21(25)24(13)15-7-9-16(10-8-15)27-12-11-23(2)3/h7-10,14H,5-6,11-12H2,1-4H3. The van der Waals surface area contributed by atoms with Gasteiger partial charge in [-0.1, -0.05) is 0 Å². The SMILES string of the molecule is COc1c(C2CC2)sc2c(=O)n(-c3ccc(OCCN(C)C)cc3)c(C)nc12. The number of nitrogens with zero attached hydrogens (tertiary/aromatic N) is 3. The Kier molecular flexibility index (Phi) is 5.12. The van der Waals surface area contributed by atoms with Gasteiger partial charge >= 0.3 is 0 Å². The first-order chi connectivity index (χ1) is 13.5. The normalized spacial score (nSPS) is 14.0. The van der Waals surface area contributed by atoms with Crippen molar-refractivity contribution < 1.29 is 9.47 Å². The lowest BCUT2D eigenvalue weighted by molar-refractivity contribution is 0.261. The van der Waals surface area contributed by atoms with E-state index in [1.54, 1.807) is 11.7 Å². The maximum Gasteiger partial charge on any atom is 0.276 e. The van der Waals surface area contributed by atoms with E-state index in [9.17, 15) is 4.79 Å². The summed E-state index contributed by atoms with van der Waals surface area (Å²) in [4.78, 5) is 21.2. The van der Waals surface area contributed by atoms with Crippen molar-refractivity contribution >= 4 is 21.6 Å². The average Bonchev–Trinajstić information content (AvgIpc) is 3.44. The van der Waals surface area contributed by atoms with Crippen LogP contribution in [0.4, 0.5) is 0 Å². The fourth-order valence-electron chi connectivity index (χ4n) is 3.28. The first kappa shape index (κ1) is 19.0. The average molecular weight is 400 g/mol. The highest BCUT2D eigenvalue weighted by Gasteiger charge is 2.31. The van der Waals surface area contributed by atoms with Gasteiger partial charge in [0.15, 0.2) is 5.75 Å². The monoisotopic (exact) mass is 399 g/mol. The lowest BCUT2D eigenvalue weighted by atomic mass is 10.2. The van der Waals surface area contributed by atoms with E-state index in [4.69, 9.17) is 14.5 Å². The number of hydrogen-bond acceptors (Lipinski definition) is 6. The molecule has 0 bridgehead atoms. The zero-order chi connectivity index (χ0) is 19.8. The van der Waals surface area contributed by atoms with E-state index in [1.165, 1.54) is 11.3 Å². The summed E-state index contributed by atoms with van der Waals surface area (Å²) in [5.74, 6) is 2.73. The predicted molar refractivity (Wildman–Crippen MR) is 113 cm³/mol. The van der Waals surface area contributed by atoms with Gasteiger partial charge in [0.2, 0.25) is 0 Å². The molecule has 2 aromatic heterocycles. The van der Waals surface area contributed by atoms with Crippen molar-refractivity contribution in [2.45, 2.75) is 25.7 Å². The minimum atomic E-state index is -0.0426. The van der Waals surface area contributed by atoms with Crippen LogP contribution < -0.4 is 15.0 Å². The van der Waals surface area contributed by atoms with Crippen molar-refractivity contribution in [2.75, 3.05) is 34.4 Å². The van der Waals surface area contributed by atoms with Crippen LogP contribution in [0, 0.1) is 6.92 Å². The molecule has 7 heteroatoms. The Morgan fingerprint density at radius 1 is 1.25 bits per heavy atom. The fourth-order valence-corrected chi connectivity index (χ4v) is 4.59. The summed E-state index contributed by atoms with van der Waals surface area (Å²) in [5.41, 5.74) is 1.44. The van der Waals surface area contributed by atoms with Gasteiger partial charge in [-0.3, -0.25) is 9.36 Å². The third-order valence-electron chi connectivity index (χ3n) is 4.91. The molecule has 0 saturated heterocycles. The van der Waals surface area contributed by atoms with E-state index in [0.29, 0.717) is 28.6 Å². The summed E-state index contributed by atoms with van der Waals surface area (Å²) in [6.45, 7) is 3.33. The lowest BCUT2D eigenvalue weighted by Crippen LogP contribution is -2.21. The summed E-state index contributed by atoms with van der Waals surface area (Å²) in [6.07, 6.45) is 2.32. The van der Waals surface area contributed by atoms with Gasteiger partial charge in [0.1, 0.15) is 28.4 Å².